The van der Waals surface area contributed by atoms with Crippen LogP contribution in [0.15, 0.2) is 12.3 Å². The number of nitrogens with zero attached hydrogens (tertiary/aromatic N) is 1. The molecule has 1 N–H and O–H groups in total. The molecular formula is C8H12N2. The van der Waals surface area contributed by atoms with Gasteiger partial charge < -0.3 is 0 Å². The zero-order chi connectivity index (χ0) is 7.82. The fraction of sp³-hybridized carbons (Fsp3) is 0.375. The molecule has 10 heavy (non-hydrogen) atoms. The Morgan fingerprint density at radius 2 is 2.20 bits per heavy atom. The molecule has 0 saturated carbocycles. The largest absolute Gasteiger partial charge is 0.270 e. The monoisotopic (exact) mass is 136 g/mol. The first-order valence-electron chi connectivity index (χ1n) is 3.35. The van der Waals surface area contributed by atoms with E-state index in [4.69, 9.17) is 0 Å². The Bertz CT molecular complexity index is 201. The summed E-state index contributed by atoms with van der Waals surface area (Å²) in [6, 6.07) is 1.83. The van der Waals surface area contributed by atoms with Crippen LogP contribution in [0.4, 0.5) is 0 Å². The maximum atomic E-state index is 3.71. The lowest BCUT2D eigenvalue weighted by Crippen LogP contribution is -1.70. The highest BCUT2D eigenvalue weighted by Gasteiger charge is 1.79. The predicted octanol–water partition coefficient (Wildman–Crippen LogP) is 1.81. The molecule has 0 aliphatic carbocycles. The standard InChI is InChI=1S/C6H6N2.C2H6/c1-2-3-6-4-5-7-8-6;1-2/h4-5H,1H3,(H,7,8);1-2H3. The number of hydrogen-bond acceptors (Lipinski definition) is 1. The summed E-state index contributed by atoms with van der Waals surface area (Å²) < 4.78 is 0. The molecule has 2 nitrogen and oxygen atoms in total. The molecule has 2 heteroatoms. The van der Waals surface area contributed by atoms with Crippen molar-refractivity contribution in [3.63, 3.8) is 0 Å². The van der Waals surface area contributed by atoms with Crippen LogP contribution in [0.1, 0.15) is 26.5 Å². The van der Waals surface area contributed by atoms with Crippen LogP contribution in [0.3, 0.4) is 0 Å². The van der Waals surface area contributed by atoms with Gasteiger partial charge in [0.2, 0.25) is 0 Å². The normalized spacial score (nSPS) is 6.70. The Morgan fingerprint density at radius 1 is 1.50 bits per heavy atom. The average molecular weight is 136 g/mol. The molecule has 0 amide bonds. The summed E-state index contributed by atoms with van der Waals surface area (Å²) in [6.45, 7) is 5.79. The van der Waals surface area contributed by atoms with Crippen molar-refractivity contribution >= 4 is 0 Å². The molecule has 0 unspecified atom stereocenters. The van der Waals surface area contributed by atoms with Gasteiger partial charge in [-0.1, -0.05) is 19.8 Å². The SMILES string of the molecule is CC.CC#Cc1ccn[nH]1. The lowest BCUT2D eigenvalue weighted by atomic mass is 10.4. The summed E-state index contributed by atoms with van der Waals surface area (Å²) >= 11 is 0. The Labute approximate surface area is 61.7 Å². The van der Waals surface area contributed by atoms with Gasteiger partial charge in [-0.3, -0.25) is 5.10 Å². The van der Waals surface area contributed by atoms with Crippen LogP contribution in [0, 0.1) is 11.8 Å². The molecule has 0 radical (unpaired) electrons. The van der Waals surface area contributed by atoms with Crippen LogP contribution in [0.25, 0.3) is 0 Å². The highest BCUT2D eigenvalue weighted by Crippen LogP contribution is 1.84. The van der Waals surface area contributed by atoms with Gasteiger partial charge in [0.25, 0.3) is 0 Å². The number of aromatic nitrogens is 2. The van der Waals surface area contributed by atoms with E-state index in [2.05, 4.69) is 22.0 Å². The lowest BCUT2D eigenvalue weighted by Gasteiger charge is -1.70. The van der Waals surface area contributed by atoms with Crippen LogP contribution in [0.5, 0.6) is 0 Å². The fourth-order valence-electron chi connectivity index (χ4n) is 0.460. The van der Waals surface area contributed by atoms with Crippen molar-refractivity contribution < 1.29 is 0 Å². The molecular weight excluding hydrogens is 124 g/mol. The van der Waals surface area contributed by atoms with Crippen molar-refractivity contribution in [3.8, 4) is 11.8 Å². The molecule has 0 aromatic carbocycles. The number of hydrogen-bond donors (Lipinski definition) is 1. The van der Waals surface area contributed by atoms with Gasteiger partial charge in [-0.15, -0.1) is 0 Å². The first-order valence-corrected chi connectivity index (χ1v) is 3.35. The van der Waals surface area contributed by atoms with E-state index in [1.807, 2.05) is 19.9 Å². The van der Waals surface area contributed by atoms with Gasteiger partial charge in [0, 0.05) is 6.20 Å². The van der Waals surface area contributed by atoms with E-state index in [1.54, 1.807) is 13.1 Å². The van der Waals surface area contributed by atoms with Gasteiger partial charge in [-0.25, -0.2) is 0 Å². The smallest absolute Gasteiger partial charge is 0.107 e. The van der Waals surface area contributed by atoms with E-state index in [9.17, 15) is 0 Å². The van der Waals surface area contributed by atoms with Crippen LogP contribution in [-0.2, 0) is 0 Å². The quantitative estimate of drug-likeness (QED) is 0.541. The summed E-state index contributed by atoms with van der Waals surface area (Å²) in [5, 5.41) is 6.43. The summed E-state index contributed by atoms with van der Waals surface area (Å²) in [7, 11) is 0. The minimum absolute atomic E-state index is 0.868. The second-order valence-electron chi connectivity index (χ2n) is 1.35. The summed E-state index contributed by atoms with van der Waals surface area (Å²) in [5.74, 6) is 5.57. The molecule has 0 aliphatic rings. The molecule has 1 aromatic heterocycles. The van der Waals surface area contributed by atoms with E-state index < -0.39 is 0 Å². The highest BCUT2D eigenvalue weighted by molar-refractivity contribution is 5.24. The van der Waals surface area contributed by atoms with Crippen molar-refractivity contribution in [2.45, 2.75) is 20.8 Å². The molecule has 1 aromatic rings. The van der Waals surface area contributed by atoms with Crippen molar-refractivity contribution in [3.05, 3.63) is 18.0 Å². The number of H-pyrrole nitrogens is 1. The zero-order valence-electron chi connectivity index (χ0n) is 6.60. The van der Waals surface area contributed by atoms with Crippen LogP contribution in [-0.4, -0.2) is 10.2 Å². The topological polar surface area (TPSA) is 28.7 Å². The van der Waals surface area contributed by atoms with Gasteiger partial charge in [0.05, 0.1) is 0 Å². The summed E-state index contributed by atoms with van der Waals surface area (Å²) in [4.78, 5) is 0. The van der Waals surface area contributed by atoms with E-state index in [0.717, 1.165) is 5.69 Å². The van der Waals surface area contributed by atoms with Crippen LogP contribution >= 0.6 is 0 Å². The van der Waals surface area contributed by atoms with Gasteiger partial charge in [-0.2, -0.15) is 5.10 Å². The molecule has 0 spiro atoms. The van der Waals surface area contributed by atoms with Crippen molar-refractivity contribution in [1.82, 2.24) is 10.2 Å². The van der Waals surface area contributed by atoms with Gasteiger partial charge >= 0.3 is 0 Å². The molecule has 1 heterocycles. The molecule has 0 atom stereocenters. The highest BCUT2D eigenvalue weighted by atomic mass is 15.1. The van der Waals surface area contributed by atoms with Crippen LogP contribution < -0.4 is 0 Å². The number of nitrogens with one attached hydrogen (secondary N) is 1. The third-order valence-electron chi connectivity index (χ3n) is 0.760. The summed E-state index contributed by atoms with van der Waals surface area (Å²) in [6.07, 6.45) is 1.68. The fourth-order valence-corrected chi connectivity index (χ4v) is 0.460. The first-order chi connectivity index (χ1) is 4.93. The van der Waals surface area contributed by atoms with Gasteiger partial charge in [0.15, 0.2) is 0 Å². The molecule has 54 valence electrons. The second-order valence-corrected chi connectivity index (χ2v) is 1.35. The minimum Gasteiger partial charge on any atom is -0.270 e. The second kappa shape index (κ2) is 5.90. The van der Waals surface area contributed by atoms with Gasteiger partial charge in [-0.05, 0) is 18.9 Å². The number of aromatic amines is 1. The van der Waals surface area contributed by atoms with Gasteiger partial charge in [0.1, 0.15) is 5.69 Å². The summed E-state index contributed by atoms with van der Waals surface area (Å²) in [5.41, 5.74) is 0.868. The van der Waals surface area contributed by atoms with E-state index in [-0.39, 0.29) is 0 Å². The molecule has 1 rings (SSSR count). The Hall–Kier alpha value is -1.23. The van der Waals surface area contributed by atoms with Crippen LogP contribution in [0.2, 0.25) is 0 Å². The molecule has 0 bridgehead atoms. The predicted molar refractivity (Wildman–Crippen MR) is 42.5 cm³/mol. The van der Waals surface area contributed by atoms with E-state index >= 15 is 0 Å². The average Bonchev–Trinajstić information content (AvgIpc) is 2.46. The Balaban J connectivity index is 0.000000371. The first kappa shape index (κ1) is 8.77. The lowest BCUT2D eigenvalue weighted by molar-refractivity contribution is 1.08. The van der Waals surface area contributed by atoms with Crippen molar-refractivity contribution in [2.75, 3.05) is 0 Å². The van der Waals surface area contributed by atoms with Crippen molar-refractivity contribution in [2.24, 2.45) is 0 Å². The van der Waals surface area contributed by atoms with E-state index in [1.165, 1.54) is 0 Å². The third kappa shape index (κ3) is 2.93. The molecule has 0 aliphatic heterocycles. The minimum atomic E-state index is 0.868. The maximum absolute atomic E-state index is 3.71. The maximum Gasteiger partial charge on any atom is 0.107 e. The zero-order valence-corrected chi connectivity index (χ0v) is 6.60. The number of rotatable bonds is 0. The Morgan fingerprint density at radius 3 is 2.60 bits per heavy atom. The molecule has 0 saturated heterocycles. The van der Waals surface area contributed by atoms with E-state index in [0.29, 0.717) is 0 Å². The third-order valence-corrected chi connectivity index (χ3v) is 0.760. The molecule has 0 fully saturated rings. The van der Waals surface area contributed by atoms with Crippen molar-refractivity contribution in [1.29, 1.82) is 0 Å². The Kier molecular flexibility index (Phi) is 5.17.